The standard InChI is InChI=1S/C19H10F6N4O2S2/c20-17(21,13(30)28-15-26-9-5-1-3-7-11(9)32-15)19(24,25)18(22,23)14(31)29-16-27-10-6-2-4-8-12(10)33-16/h1-8H,(H,26,28,30)(H,27,29,31). The van der Waals surface area contributed by atoms with Gasteiger partial charge in [-0.2, -0.15) is 26.3 Å². The molecule has 0 fully saturated rings. The predicted molar refractivity (Wildman–Crippen MR) is 111 cm³/mol. The molecule has 0 atom stereocenters. The third-order valence-corrected chi connectivity index (χ3v) is 6.29. The Balaban J connectivity index is 1.55. The van der Waals surface area contributed by atoms with Gasteiger partial charge >= 0.3 is 29.6 Å². The van der Waals surface area contributed by atoms with Gasteiger partial charge in [0.05, 0.1) is 20.4 Å². The van der Waals surface area contributed by atoms with Crippen molar-refractivity contribution in [1.82, 2.24) is 9.97 Å². The van der Waals surface area contributed by atoms with Crippen molar-refractivity contribution in [3.63, 3.8) is 0 Å². The minimum Gasteiger partial charge on any atom is -0.296 e. The number of benzene rings is 2. The fourth-order valence-electron chi connectivity index (χ4n) is 2.68. The quantitative estimate of drug-likeness (QED) is 0.345. The molecule has 4 rings (SSSR count). The number of nitrogens with one attached hydrogen (secondary N) is 2. The summed E-state index contributed by atoms with van der Waals surface area (Å²) < 4.78 is 86.3. The fourth-order valence-corrected chi connectivity index (χ4v) is 4.41. The molecule has 0 aliphatic rings. The minimum absolute atomic E-state index is 0.272. The van der Waals surface area contributed by atoms with Crippen LogP contribution in [0.25, 0.3) is 20.4 Å². The molecule has 0 spiro atoms. The summed E-state index contributed by atoms with van der Waals surface area (Å²) in [4.78, 5) is 31.2. The number of para-hydroxylation sites is 2. The fraction of sp³-hybridized carbons (Fsp3) is 0.158. The maximum Gasteiger partial charge on any atom is 0.393 e. The second-order valence-corrected chi connectivity index (χ2v) is 8.67. The number of anilines is 2. The lowest BCUT2D eigenvalue weighted by Gasteiger charge is -2.30. The number of amides is 2. The van der Waals surface area contributed by atoms with E-state index in [0.717, 1.165) is 0 Å². The molecule has 0 saturated heterocycles. The number of hydrogen-bond donors (Lipinski definition) is 2. The summed E-state index contributed by atoms with van der Waals surface area (Å²) in [7, 11) is 0. The average Bonchev–Trinajstić information content (AvgIpc) is 3.35. The largest absolute Gasteiger partial charge is 0.393 e. The van der Waals surface area contributed by atoms with Gasteiger partial charge in [0.25, 0.3) is 0 Å². The highest BCUT2D eigenvalue weighted by Crippen LogP contribution is 2.47. The van der Waals surface area contributed by atoms with Crippen molar-refractivity contribution in [2.24, 2.45) is 0 Å². The first kappa shape index (κ1) is 22.9. The molecule has 0 bridgehead atoms. The number of halogens is 6. The topological polar surface area (TPSA) is 84.0 Å². The van der Waals surface area contributed by atoms with Gasteiger partial charge in [-0.25, -0.2) is 9.97 Å². The minimum atomic E-state index is -6.37. The van der Waals surface area contributed by atoms with Crippen LogP contribution in [0.4, 0.5) is 36.6 Å². The number of carbonyl (C=O) groups is 2. The Morgan fingerprint density at radius 1 is 0.667 bits per heavy atom. The average molecular weight is 504 g/mol. The van der Waals surface area contributed by atoms with Gasteiger partial charge in [0, 0.05) is 0 Å². The van der Waals surface area contributed by atoms with Gasteiger partial charge < -0.3 is 0 Å². The summed E-state index contributed by atoms with van der Waals surface area (Å²) in [5, 5.41) is 1.84. The van der Waals surface area contributed by atoms with Gasteiger partial charge in [0.1, 0.15) is 0 Å². The first-order valence-corrected chi connectivity index (χ1v) is 10.5. The van der Waals surface area contributed by atoms with Crippen LogP contribution in [-0.2, 0) is 9.59 Å². The van der Waals surface area contributed by atoms with E-state index in [1.807, 2.05) is 0 Å². The smallest absolute Gasteiger partial charge is 0.296 e. The zero-order chi connectivity index (χ0) is 24.0. The molecule has 0 saturated carbocycles. The Morgan fingerprint density at radius 3 is 1.39 bits per heavy atom. The Kier molecular flexibility index (Phi) is 5.52. The molecule has 4 aromatic rings. The van der Waals surface area contributed by atoms with Crippen molar-refractivity contribution in [2.75, 3.05) is 10.6 Å². The van der Waals surface area contributed by atoms with Gasteiger partial charge in [-0.3, -0.25) is 20.2 Å². The summed E-state index contributed by atoms with van der Waals surface area (Å²) in [6.07, 6.45) is 0. The number of carbonyl (C=O) groups excluding carboxylic acids is 2. The predicted octanol–water partition coefficient (Wildman–Crippen LogP) is 5.39. The van der Waals surface area contributed by atoms with Gasteiger partial charge in [0.2, 0.25) is 0 Å². The molecule has 0 aliphatic carbocycles. The molecule has 6 nitrogen and oxygen atoms in total. The zero-order valence-electron chi connectivity index (χ0n) is 15.9. The summed E-state index contributed by atoms with van der Waals surface area (Å²) in [5.74, 6) is -23.8. The van der Waals surface area contributed by atoms with Crippen molar-refractivity contribution >= 4 is 65.2 Å². The number of hydrogen-bond acceptors (Lipinski definition) is 6. The number of rotatable bonds is 6. The van der Waals surface area contributed by atoms with Gasteiger partial charge in [-0.05, 0) is 24.3 Å². The van der Waals surface area contributed by atoms with E-state index in [4.69, 9.17) is 0 Å². The van der Waals surface area contributed by atoms with E-state index in [0.29, 0.717) is 32.1 Å². The SMILES string of the molecule is O=C(Nc1nc2ccccc2s1)C(F)(F)C(F)(F)C(F)(F)C(=O)Nc1nc2ccccc2s1. The molecule has 0 unspecified atom stereocenters. The molecule has 2 aromatic carbocycles. The third-order valence-electron chi connectivity index (χ3n) is 4.39. The van der Waals surface area contributed by atoms with Crippen LogP contribution in [0.2, 0.25) is 0 Å². The lowest BCUT2D eigenvalue weighted by atomic mass is 10.0. The van der Waals surface area contributed by atoms with Crippen molar-refractivity contribution in [3.05, 3.63) is 48.5 Å². The van der Waals surface area contributed by atoms with Crippen LogP contribution in [-0.4, -0.2) is 39.5 Å². The van der Waals surface area contributed by atoms with E-state index in [-0.39, 0.29) is 11.0 Å². The number of fused-ring (bicyclic) bond motifs is 2. The molecule has 0 aliphatic heterocycles. The van der Waals surface area contributed by atoms with Crippen LogP contribution in [0, 0.1) is 0 Å². The van der Waals surface area contributed by atoms with E-state index in [2.05, 4.69) is 9.97 Å². The molecule has 0 radical (unpaired) electrons. The second kappa shape index (κ2) is 7.95. The number of nitrogens with zero attached hydrogens (tertiary/aromatic N) is 2. The van der Waals surface area contributed by atoms with Crippen molar-refractivity contribution in [2.45, 2.75) is 17.8 Å². The molecule has 2 heterocycles. The van der Waals surface area contributed by atoms with Crippen molar-refractivity contribution in [1.29, 1.82) is 0 Å². The Morgan fingerprint density at radius 2 is 1.03 bits per heavy atom. The summed E-state index contributed by atoms with van der Waals surface area (Å²) in [5.41, 5.74) is 0.543. The van der Waals surface area contributed by atoms with Crippen LogP contribution in [0.15, 0.2) is 48.5 Å². The van der Waals surface area contributed by atoms with Gasteiger partial charge in [-0.15, -0.1) is 0 Å². The number of alkyl halides is 6. The van der Waals surface area contributed by atoms with E-state index < -0.39 is 39.8 Å². The number of thiazole rings is 2. The monoisotopic (exact) mass is 504 g/mol. The Labute approximate surface area is 188 Å². The lowest BCUT2D eigenvalue weighted by Crippen LogP contribution is -2.63. The van der Waals surface area contributed by atoms with Gasteiger partial charge in [-0.1, -0.05) is 46.9 Å². The van der Waals surface area contributed by atoms with Crippen LogP contribution in [0.3, 0.4) is 0 Å². The molecule has 2 amide bonds. The maximum absolute atomic E-state index is 14.2. The molecule has 33 heavy (non-hydrogen) atoms. The van der Waals surface area contributed by atoms with Crippen LogP contribution < -0.4 is 10.6 Å². The van der Waals surface area contributed by atoms with Crippen molar-refractivity contribution < 1.29 is 35.9 Å². The highest BCUT2D eigenvalue weighted by atomic mass is 32.1. The first-order chi connectivity index (χ1) is 15.4. The van der Waals surface area contributed by atoms with E-state index in [9.17, 15) is 35.9 Å². The molecule has 172 valence electrons. The van der Waals surface area contributed by atoms with Crippen LogP contribution in [0.1, 0.15) is 0 Å². The molecule has 14 heteroatoms. The Bertz CT molecular complexity index is 1200. The normalized spacial score (nSPS) is 12.8. The molecular weight excluding hydrogens is 494 g/mol. The molecule has 2 aromatic heterocycles. The number of aromatic nitrogens is 2. The summed E-state index contributed by atoms with van der Waals surface area (Å²) >= 11 is 1.35. The van der Waals surface area contributed by atoms with E-state index >= 15 is 0 Å². The van der Waals surface area contributed by atoms with E-state index in [1.54, 1.807) is 24.3 Å². The van der Waals surface area contributed by atoms with Crippen LogP contribution >= 0.6 is 22.7 Å². The third kappa shape index (κ3) is 3.88. The highest BCUT2D eigenvalue weighted by molar-refractivity contribution is 7.22. The van der Waals surface area contributed by atoms with Gasteiger partial charge in [0.15, 0.2) is 10.3 Å². The Hall–Kier alpha value is -3.26. The summed E-state index contributed by atoms with van der Waals surface area (Å²) in [6.45, 7) is 0. The van der Waals surface area contributed by atoms with Crippen molar-refractivity contribution in [3.8, 4) is 0 Å². The highest BCUT2D eigenvalue weighted by Gasteiger charge is 2.78. The summed E-state index contributed by atoms with van der Waals surface area (Å²) in [6, 6.07) is 12.3. The van der Waals surface area contributed by atoms with E-state index in [1.165, 1.54) is 34.9 Å². The molecular formula is C19H10F6N4O2S2. The lowest BCUT2D eigenvalue weighted by molar-refractivity contribution is -0.283. The second-order valence-electron chi connectivity index (χ2n) is 6.60. The molecule has 2 N–H and O–H groups in total. The first-order valence-electron chi connectivity index (χ1n) is 8.91. The maximum atomic E-state index is 14.2. The zero-order valence-corrected chi connectivity index (χ0v) is 17.5. The van der Waals surface area contributed by atoms with Crippen LogP contribution in [0.5, 0.6) is 0 Å².